The van der Waals surface area contributed by atoms with Crippen LogP contribution in [0.2, 0.25) is 0 Å². The summed E-state index contributed by atoms with van der Waals surface area (Å²) in [4.78, 5) is 33.6. The van der Waals surface area contributed by atoms with Gasteiger partial charge in [-0.3, -0.25) is 14.4 Å². The minimum Gasteiger partial charge on any atom is -0.463 e. The Morgan fingerprint density at radius 2 is 1.39 bits per heavy atom. The van der Waals surface area contributed by atoms with Gasteiger partial charge in [-0.15, -0.1) is 0 Å². The van der Waals surface area contributed by atoms with Crippen molar-refractivity contribution >= 4 is 17.9 Å². The molecule has 132 valence electrons. The topological polar surface area (TPSA) is 107 Å². The van der Waals surface area contributed by atoms with Crippen LogP contribution in [0.5, 0.6) is 0 Å². The van der Waals surface area contributed by atoms with Crippen molar-refractivity contribution < 1.29 is 42.8 Å². The van der Waals surface area contributed by atoms with Crippen LogP contribution in [-0.2, 0) is 42.8 Å². The number of carbonyl (C=O) groups excluding carboxylic acids is 3. The maximum atomic E-state index is 11.3. The standard InChI is InChI=1S/C14H22O9/c1-7(15)20-6-10-11(21-8(2)16)12(18-4)13(19-5)14(23-10)22-9(3)17/h10-14H,6H2,1-5H3/t10?,11-,12?,13?,14+/m1/s1. The van der Waals surface area contributed by atoms with Crippen LogP contribution in [0.25, 0.3) is 0 Å². The van der Waals surface area contributed by atoms with E-state index in [1.807, 2.05) is 0 Å². The van der Waals surface area contributed by atoms with E-state index in [0.29, 0.717) is 0 Å². The molecule has 1 aliphatic rings. The maximum Gasteiger partial charge on any atom is 0.305 e. The van der Waals surface area contributed by atoms with E-state index in [0.717, 1.165) is 0 Å². The van der Waals surface area contributed by atoms with Gasteiger partial charge in [0.1, 0.15) is 24.9 Å². The van der Waals surface area contributed by atoms with Crippen molar-refractivity contribution in [1.29, 1.82) is 0 Å². The van der Waals surface area contributed by atoms with E-state index in [9.17, 15) is 14.4 Å². The van der Waals surface area contributed by atoms with Gasteiger partial charge >= 0.3 is 17.9 Å². The first-order valence-electron chi connectivity index (χ1n) is 6.99. The first-order valence-corrected chi connectivity index (χ1v) is 6.99. The third kappa shape index (κ3) is 5.45. The van der Waals surface area contributed by atoms with Gasteiger partial charge in [0.15, 0.2) is 6.10 Å². The highest BCUT2D eigenvalue weighted by molar-refractivity contribution is 5.67. The number of hydrogen-bond donors (Lipinski definition) is 0. The Kier molecular flexibility index (Phi) is 7.40. The summed E-state index contributed by atoms with van der Waals surface area (Å²) in [6.07, 6.45) is -4.45. The molecule has 9 heteroatoms. The normalized spacial score (nSPS) is 30.4. The number of methoxy groups -OCH3 is 2. The van der Waals surface area contributed by atoms with Crippen LogP contribution in [0.1, 0.15) is 20.8 Å². The second kappa shape index (κ2) is 8.80. The fraction of sp³-hybridized carbons (Fsp3) is 0.786. The van der Waals surface area contributed by atoms with Crippen molar-refractivity contribution in [1.82, 2.24) is 0 Å². The molecule has 0 spiro atoms. The summed E-state index contributed by atoms with van der Waals surface area (Å²) in [5.41, 5.74) is 0. The molecule has 0 aliphatic carbocycles. The zero-order valence-electron chi connectivity index (χ0n) is 13.8. The quantitative estimate of drug-likeness (QED) is 0.482. The summed E-state index contributed by atoms with van der Waals surface area (Å²) in [7, 11) is 2.78. The van der Waals surface area contributed by atoms with E-state index in [1.54, 1.807) is 0 Å². The van der Waals surface area contributed by atoms with Crippen LogP contribution in [0.15, 0.2) is 0 Å². The molecular formula is C14H22O9. The van der Waals surface area contributed by atoms with Crippen LogP contribution < -0.4 is 0 Å². The Labute approximate surface area is 134 Å². The van der Waals surface area contributed by atoms with Gasteiger partial charge in [0.2, 0.25) is 6.29 Å². The largest absolute Gasteiger partial charge is 0.463 e. The molecule has 9 nitrogen and oxygen atoms in total. The number of rotatable bonds is 6. The highest BCUT2D eigenvalue weighted by Gasteiger charge is 2.50. The van der Waals surface area contributed by atoms with E-state index in [-0.39, 0.29) is 6.61 Å². The predicted octanol–water partition coefficient (Wildman–Crippen LogP) is -0.201. The minimum atomic E-state index is -1.09. The number of esters is 3. The molecule has 0 aromatic rings. The fourth-order valence-corrected chi connectivity index (χ4v) is 2.32. The minimum absolute atomic E-state index is 0.193. The number of ether oxygens (including phenoxy) is 6. The molecule has 0 aromatic heterocycles. The van der Waals surface area contributed by atoms with E-state index in [2.05, 4.69) is 0 Å². The average Bonchev–Trinajstić information content (AvgIpc) is 2.45. The lowest BCUT2D eigenvalue weighted by Crippen LogP contribution is -2.62. The van der Waals surface area contributed by atoms with Gasteiger partial charge in [-0.25, -0.2) is 0 Å². The molecule has 0 amide bonds. The van der Waals surface area contributed by atoms with E-state index < -0.39 is 48.6 Å². The second-order valence-electron chi connectivity index (χ2n) is 4.93. The maximum absolute atomic E-state index is 11.3. The van der Waals surface area contributed by atoms with Gasteiger partial charge in [0, 0.05) is 35.0 Å². The van der Waals surface area contributed by atoms with Gasteiger partial charge in [0.25, 0.3) is 0 Å². The van der Waals surface area contributed by atoms with Gasteiger partial charge in [-0.05, 0) is 0 Å². The van der Waals surface area contributed by atoms with Crippen molar-refractivity contribution in [3.8, 4) is 0 Å². The molecule has 1 heterocycles. The highest BCUT2D eigenvalue weighted by atomic mass is 16.7. The molecule has 1 aliphatic heterocycles. The lowest BCUT2D eigenvalue weighted by molar-refractivity contribution is -0.303. The lowest BCUT2D eigenvalue weighted by atomic mass is 9.98. The fourth-order valence-electron chi connectivity index (χ4n) is 2.32. The molecule has 1 rings (SSSR count). The molecule has 0 aromatic carbocycles. The summed E-state index contributed by atoms with van der Waals surface area (Å²) in [6, 6.07) is 0. The summed E-state index contributed by atoms with van der Waals surface area (Å²) in [5, 5.41) is 0. The Balaban J connectivity index is 3.03. The van der Waals surface area contributed by atoms with Crippen molar-refractivity contribution in [2.24, 2.45) is 0 Å². The van der Waals surface area contributed by atoms with Crippen LogP contribution >= 0.6 is 0 Å². The Hall–Kier alpha value is -1.71. The molecule has 23 heavy (non-hydrogen) atoms. The molecule has 3 unspecified atom stereocenters. The zero-order valence-corrected chi connectivity index (χ0v) is 13.8. The predicted molar refractivity (Wildman–Crippen MR) is 74.2 cm³/mol. The average molecular weight is 334 g/mol. The highest BCUT2D eigenvalue weighted by Crippen LogP contribution is 2.28. The number of carbonyl (C=O) groups is 3. The van der Waals surface area contributed by atoms with Gasteiger partial charge < -0.3 is 28.4 Å². The van der Waals surface area contributed by atoms with Crippen molar-refractivity contribution in [3.05, 3.63) is 0 Å². The first kappa shape index (κ1) is 19.3. The molecule has 5 atom stereocenters. The summed E-state index contributed by atoms with van der Waals surface area (Å²) >= 11 is 0. The van der Waals surface area contributed by atoms with Crippen molar-refractivity contribution in [3.63, 3.8) is 0 Å². The van der Waals surface area contributed by atoms with E-state index in [4.69, 9.17) is 28.4 Å². The van der Waals surface area contributed by atoms with Crippen molar-refractivity contribution in [2.45, 2.75) is 51.5 Å². The molecule has 0 bridgehead atoms. The Morgan fingerprint density at radius 1 is 0.826 bits per heavy atom. The third-order valence-electron chi connectivity index (χ3n) is 3.17. The first-order chi connectivity index (χ1) is 10.8. The molecule has 1 fully saturated rings. The molecule has 0 N–H and O–H groups in total. The van der Waals surface area contributed by atoms with Crippen molar-refractivity contribution in [2.75, 3.05) is 20.8 Å². The third-order valence-corrected chi connectivity index (χ3v) is 3.17. The smallest absolute Gasteiger partial charge is 0.305 e. The molecule has 0 saturated carbocycles. The molecule has 1 saturated heterocycles. The lowest BCUT2D eigenvalue weighted by Gasteiger charge is -2.43. The Morgan fingerprint density at radius 3 is 1.83 bits per heavy atom. The summed E-state index contributed by atoms with van der Waals surface area (Å²) in [6.45, 7) is 3.49. The second-order valence-corrected chi connectivity index (χ2v) is 4.93. The van der Waals surface area contributed by atoms with Crippen LogP contribution in [0.4, 0.5) is 0 Å². The zero-order chi connectivity index (χ0) is 17.6. The van der Waals surface area contributed by atoms with E-state index >= 15 is 0 Å². The van der Waals surface area contributed by atoms with Gasteiger partial charge in [0.05, 0.1) is 0 Å². The summed E-state index contributed by atoms with van der Waals surface area (Å²) < 4.78 is 31.4. The monoisotopic (exact) mass is 334 g/mol. The van der Waals surface area contributed by atoms with Crippen LogP contribution in [0, 0.1) is 0 Å². The number of hydrogen-bond acceptors (Lipinski definition) is 9. The van der Waals surface area contributed by atoms with E-state index in [1.165, 1.54) is 35.0 Å². The molecular weight excluding hydrogens is 312 g/mol. The van der Waals surface area contributed by atoms with Gasteiger partial charge in [-0.1, -0.05) is 0 Å². The van der Waals surface area contributed by atoms with Crippen LogP contribution in [-0.4, -0.2) is 69.4 Å². The van der Waals surface area contributed by atoms with Crippen LogP contribution in [0.3, 0.4) is 0 Å². The Bertz CT molecular complexity index is 436. The van der Waals surface area contributed by atoms with Gasteiger partial charge in [-0.2, -0.15) is 0 Å². The SMILES string of the molecule is COC1C(OC)[C@H](OC(C)=O)C(COC(C)=O)O[C@@H]1OC(C)=O. The summed E-state index contributed by atoms with van der Waals surface area (Å²) in [5.74, 6) is -1.67. The molecule has 0 radical (unpaired) electrons.